The predicted octanol–water partition coefficient (Wildman–Crippen LogP) is 2.84. The highest BCUT2D eigenvalue weighted by Gasteiger charge is 2.21. The number of ketones is 1. The normalized spacial score (nSPS) is 12.9. The van der Waals surface area contributed by atoms with Crippen LogP contribution in [-0.4, -0.2) is 26.1 Å². The highest BCUT2D eigenvalue weighted by atomic mass is 19.1. The van der Waals surface area contributed by atoms with Crippen molar-refractivity contribution in [3.63, 3.8) is 0 Å². The van der Waals surface area contributed by atoms with Gasteiger partial charge in [0.2, 0.25) is 0 Å². The summed E-state index contributed by atoms with van der Waals surface area (Å²) in [6, 6.07) is 9.07. The molecule has 0 bridgehead atoms. The van der Waals surface area contributed by atoms with Crippen molar-refractivity contribution in [2.75, 3.05) is 20.3 Å². The molecule has 0 spiro atoms. The van der Waals surface area contributed by atoms with Crippen LogP contribution >= 0.6 is 0 Å². The first kappa shape index (κ1) is 13.4. The van der Waals surface area contributed by atoms with Crippen LogP contribution < -0.4 is 14.2 Å². The molecular formula is C16H13FO4. The van der Waals surface area contributed by atoms with E-state index in [2.05, 4.69) is 0 Å². The van der Waals surface area contributed by atoms with E-state index < -0.39 is 11.6 Å². The van der Waals surface area contributed by atoms with E-state index >= 15 is 0 Å². The number of ether oxygens (including phenoxy) is 3. The maximum absolute atomic E-state index is 14.0. The Kier molecular flexibility index (Phi) is 3.48. The quantitative estimate of drug-likeness (QED) is 0.815. The van der Waals surface area contributed by atoms with Crippen LogP contribution in [0.5, 0.6) is 17.2 Å². The van der Waals surface area contributed by atoms with Gasteiger partial charge in [0.1, 0.15) is 30.3 Å². The minimum absolute atomic E-state index is 0.0864. The third-order valence-corrected chi connectivity index (χ3v) is 3.23. The maximum Gasteiger partial charge on any atom is 0.199 e. The summed E-state index contributed by atoms with van der Waals surface area (Å²) in [6.07, 6.45) is 0. The summed E-state index contributed by atoms with van der Waals surface area (Å²) in [5.41, 5.74) is 0.235. The Labute approximate surface area is 121 Å². The second-order valence-corrected chi connectivity index (χ2v) is 4.50. The van der Waals surface area contributed by atoms with Crippen LogP contribution in [-0.2, 0) is 0 Å². The van der Waals surface area contributed by atoms with Crippen LogP contribution in [0.3, 0.4) is 0 Å². The van der Waals surface area contributed by atoms with Gasteiger partial charge in [0.05, 0.1) is 7.11 Å². The highest BCUT2D eigenvalue weighted by molar-refractivity contribution is 6.11. The number of fused-ring (bicyclic) bond motifs is 1. The molecule has 1 aliphatic heterocycles. The molecule has 0 N–H and O–H groups in total. The second kappa shape index (κ2) is 5.44. The second-order valence-electron chi connectivity index (χ2n) is 4.50. The Morgan fingerprint density at radius 3 is 2.67 bits per heavy atom. The van der Waals surface area contributed by atoms with E-state index in [1.54, 1.807) is 24.3 Å². The minimum atomic E-state index is -0.616. The first-order chi connectivity index (χ1) is 10.2. The molecule has 5 heteroatoms. The van der Waals surface area contributed by atoms with Gasteiger partial charge >= 0.3 is 0 Å². The lowest BCUT2D eigenvalue weighted by atomic mass is 10.0. The van der Waals surface area contributed by atoms with E-state index in [-0.39, 0.29) is 11.3 Å². The average molecular weight is 288 g/mol. The van der Waals surface area contributed by atoms with Gasteiger partial charge in [-0.15, -0.1) is 0 Å². The smallest absolute Gasteiger partial charge is 0.199 e. The number of carbonyl (C=O) groups is 1. The molecule has 0 saturated carbocycles. The number of methoxy groups -OCH3 is 1. The van der Waals surface area contributed by atoms with Crippen LogP contribution in [0.4, 0.5) is 4.39 Å². The number of rotatable bonds is 3. The Hall–Kier alpha value is -2.56. The molecule has 2 aromatic rings. The van der Waals surface area contributed by atoms with Crippen LogP contribution in [0.15, 0.2) is 36.4 Å². The van der Waals surface area contributed by atoms with E-state index in [4.69, 9.17) is 14.2 Å². The van der Waals surface area contributed by atoms with Gasteiger partial charge in [0.25, 0.3) is 0 Å². The molecule has 2 aromatic carbocycles. The summed E-state index contributed by atoms with van der Waals surface area (Å²) in [7, 11) is 1.40. The monoisotopic (exact) mass is 288 g/mol. The van der Waals surface area contributed by atoms with E-state index in [0.29, 0.717) is 30.3 Å². The lowest BCUT2D eigenvalue weighted by Crippen LogP contribution is -2.16. The fourth-order valence-electron chi connectivity index (χ4n) is 2.22. The number of halogens is 1. The molecule has 108 valence electrons. The van der Waals surface area contributed by atoms with E-state index in [0.717, 1.165) is 0 Å². The molecule has 1 aliphatic rings. The van der Waals surface area contributed by atoms with Crippen molar-refractivity contribution in [1.29, 1.82) is 0 Å². The van der Waals surface area contributed by atoms with Gasteiger partial charge in [-0.2, -0.15) is 0 Å². The topological polar surface area (TPSA) is 44.8 Å². The van der Waals surface area contributed by atoms with Crippen molar-refractivity contribution < 1.29 is 23.4 Å². The third kappa shape index (κ3) is 2.42. The zero-order valence-corrected chi connectivity index (χ0v) is 11.4. The van der Waals surface area contributed by atoms with Crippen molar-refractivity contribution in [1.82, 2.24) is 0 Å². The molecule has 4 nitrogen and oxygen atoms in total. The minimum Gasteiger partial charge on any atom is -0.496 e. The summed E-state index contributed by atoms with van der Waals surface area (Å²) in [5.74, 6) is 0.201. The molecule has 21 heavy (non-hydrogen) atoms. The summed E-state index contributed by atoms with van der Waals surface area (Å²) in [6.45, 7) is 0.898. The van der Waals surface area contributed by atoms with Gasteiger partial charge in [-0.3, -0.25) is 4.79 Å². The molecule has 0 saturated heterocycles. The van der Waals surface area contributed by atoms with E-state index in [9.17, 15) is 9.18 Å². The van der Waals surface area contributed by atoms with Crippen LogP contribution in [0, 0.1) is 5.82 Å². The summed E-state index contributed by atoms with van der Waals surface area (Å²) in [4.78, 5) is 12.5. The van der Waals surface area contributed by atoms with Crippen LogP contribution in [0.1, 0.15) is 15.9 Å². The largest absolute Gasteiger partial charge is 0.496 e. The Morgan fingerprint density at radius 1 is 1.14 bits per heavy atom. The van der Waals surface area contributed by atoms with E-state index in [1.807, 2.05) is 0 Å². The fourth-order valence-corrected chi connectivity index (χ4v) is 2.22. The highest BCUT2D eigenvalue weighted by Crippen LogP contribution is 2.32. The van der Waals surface area contributed by atoms with Crippen LogP contribution in [0.25, 0.3) is 0 Å². The van der Waals surface area contributed by atoms with Gasteiger partial charge in [-0.1, -0.05) is 6.07 Å². The molecule has 0 aliphatic carbocycles. The molecule has 0 unspecified atom stereocenters. The molecule has 0 atom stereocenters. The number of hydrogen-bond acceptors (Lipinski definition) is 4. The van der Waals surface area contributed by atoms with Gasteiger partial charge < -0.3 is 14.2 Å². The molecular weight excluding hydrogens is 275 g/mol. The standard InChI is InChI=1S/C16H13FO4/c1-19-13-4-2-3-11(17)15(13)16(18)10-5-6-12-14(9-10)21-8-7-20-12/h2-6,9H,7-8H2,1H3. The molecule has 0 fully saturated rings. The van der Waals surface area contributed by atoms with Gasteiger partial charge in [0, 0.05) is 5.56 Å². The Bertz CT molecular complexity index is 697. The van der Waals surface area contributed by atoms with Crippen molar-refractivity contribution in [2.24, 2.45) is 0 Å². The zero-order chi connectivity index (χ0) is 14.8. The molecule has 0 aromatic heterocycles. The fraction of sp³-hybridized carbons (Fsp3) is 0.188. The van der Waals surface area contributed by atoms with E-state index in [1.165, 1.54) is 19.2 Å². The molecule has 0 amide bonds. The summed E-state index contributed by atoms with van der Waals surface area (Å²) < 4.78 is 29.9. The Balaban J connectivity index is 2.03. The van der Waals surface area contributed by atoms with Crippen LogP contribution in [0.2, 0.25) is 0 Å². The number of benzene rings is 2. The van der Waals surface area contributed by atoms with Gasteiger partial charge in [-0.05, 0) is 30.3 Å². The summed E-state index contributed by atoms with van der Waals surface area (Å²) in [5, 5.41) is 0. The summed E-state index contributed by atoms with van der Waals surface area (Å²) >= 11 is 0. The molecule has 1 heterocycles. The van der Waals surface area contributed by atoms with Crippen molar-refractivity contribution >= 4 is 5.78 Å². The lowest BCUT2D eigenvalue weighted by Gasteiger charge is -2.18. The van der Waals surface area contributed by atoms with Gasteiger partial charge in [0.15, 0.2) is 17.3 Å². The van der Waals surface area contributed by atoms with Crippen molar-refractivity contribution in [2.45, 2.75) is 0 Å². The third-order valence-electron chi connectivity index (χ3n) is 3.23. The number of hydrogen-bond donors (Lipinski definition) is 0. The lowest BCUT2D eigenvalue weighted by molar-refractivity contribution is 0.103. The first-order valence-corrected chi connectivity index (χ1v) is 6.47. The average Bonchev–Trinajstić information content (AvgIpc) is 2.53. The molecule has 3 rings (SSSR count). The number of carbonyl (C=O) groups excluding carboxylic acids is 1. The first-order valence-electron chi connectivity index (χ1n) is 6.47. The zero-order valence-electron chi connectivity index (χ0n) is 11.4. The molecule has 0 radical (unpaired) electrons. The van der Waals surface area contributed by atoms with Crippen molar-refractivity contribution in [3.05, 3.63) is 53.3 Å². The SMILES string of the molecule is COc1cccc(F)c1C(=O)c1ccc2c(c1)OCCO2. The van der Waals surface area contributed by atoms with Gasteiger partial charge in [-0.25, -0.2) is 4.39 Å². The predicted molar refractivity (Wildman–Crippen MR) is 73.8 cm³/mol. The maximum atomic E-state index is 14.0. The van der Waals surface area contributed by atoms with Crippen molar-refractivity contribution in [3.8, 4) is 17.2 Å². The Morgan fingerprint density at radius 2 is 1.90 bits per heavy atom.